The van der Waals surface area contributed by atoms with Crippen molar-refractivity contribution in [1.82, 2.24) is 5.43 Å². The molecule has 0 atom stereocenters. The predicted octanol–water partition coefficient (Wildman–Crippen LogP) is 5.01. The topological polar surface area (TPSA) is 105 Å². The number of hydrogen-bond donors (Lipinski definition) is 1. The fourth-order valence-electron chi connectivity index (χ4n) is 3.10. The van der Waals surface area contributed by atoms with Crippen LogP contribution in [0.1, 0.15) is 26.3 Å². The summed E-state index contributed by atoms with van der Waals surface area (Å²) < 4.78 is 26.5. The molecule has 0 radical (unpaired) electrons. The molecule has 1 amide bonds. The zero-order valence-electron chi connectivity index (χ0n) is 19.8. The van der Waals surface area contributed by atoms with Crippen LogP contribution in [0.5, 0.6) is 28.7 Å². The van der Waals surface area contributed by atoms with Gasteiger partial charge in [0.15, 0.2) is 23.0 Å². The molecule has 188 valence electrons. The number of hydrogen-bond acceptors (Lipinski definition) is 8. The summed E-state index contributed by atoms with van der Waals surface area (Å²) in [6, 6.07) is 12.2. The number of nitrogens with one attached hydrogen (secondary N) is 1. The lowest BCUT2D eigenvalue weighted by molar-refractivity contribution is 0.0729. The van der Waals surface area contributed by atoms with E-state index in [0.29, 0.717) is 27.8 Å². The van der Waals surface area contributed by atoms with Crippen LogP contribution in [0.2, 0.25) is 10.0 Å². The van der Waals surface area contributed by atoms with E-state index in [-0.39, 0.29) is 27.6 Å². The molecule has 1 N–H and O–H groups in total. The van der Waals surface area contributed by atoms with E-state index < -0.39 is 11.9 Å². The summed E-state index contributed by atoms with van der Waals surface area (Å²) in [5.41, 5.74) is 3.41. The van der Waals surface area contributed by atoms with Gasteiger partial charge in [0.05, 0.1) is 45.2 Å². The minimum Gasteiger partial charge on any atom is -0.493 e. The highest BCUT2D eigenvalue weighted by Gasteiger charge is 2.18. The number of ether oxygens (including phenoxy) is 5. The minimum atomic E-state index is -0.672. The minimum absolute atomic E-state index is 0.156. The number of hydrazone groups is 1. The Morgan fingerprint density at radius 1 is 0.806 bits per heavy atom. The van der Waals surface area contributed by atoms with Gasteiger partial charge < -0.3 is 23.7 Å². The fourth-order valence-corrected chi connectivity index (χ4v) is 3.59. The number of methoxy groups -OCH3 is 4. The van der Waals surface area contributed by atoms with Crippen LogP contribution in [0.3, 0.4) is 0 Å². The molecule has 0 aliphatic rings. The molecule has 3 aromatic carbocycles. The second-order valence-corrected chi connectivity index (χ2v) is 7.88. The first-order chi connectivity index (χ1) is 17.3. The van der Waals surface area contributed by atoms with Crippen LogP contribution < -0.4 is 29.1 Å². The van der Waals surface area contributed by atoms with Crippen molar-refractivity contribution in [1.29, 1.82) is 0 Å². The Morgan fingerprint density at radius 2 is 1.47 bits per heavy atom. The number of esters is 1. The van der Waals surface area contributed by atoms with Gasteiger partial charge in [-0.05, 0) is 54.1 Å². The first kappa shape index (κ1) is 26.7. The lowest BCUT2D eigenvalue weighted by Crippen LogP contribution is -2.18. The van der Waals surface area contributed by atoms with Gasteiger partial charge in [-0.1, -0.05) is 23.2 Å². The predicted molar refractivity (Wildman–Crippen MR) is 136 cm³/mol. The van der Waals surface area contributed by atoms with Gasteiger partial charge in [0.2, 0.25) is 5.75 Å². The molecule has 0 aliphatic heterocycles. The van der Waals surface area contributed by atoms with Gasteiger partial charge in [0.25, 0.3) is 5.91 Å². The van der Waals surface area contributed by atoms with Crippen molar-refractivity contribution in [2.24, 2.45) is 5.10 Å². The SMILES string of the molecule is COc1cc(/C=N/NC(=O)c2cc(OC)c(OC)c(OC)c2)ccc1OC(=O)c1ccc(Cl)cc1Cl. The largest absolute Gasteiger partial charge is 0.493 e. The first-order valence-corrected chi connectivity index (χ1v) is 11.1. The maximum atomic E-state index is 12.6. The van der Waals surface area contributed by atoms with Crippen molar-refractivity contribution >= 4 is 41.3 Å². The molecule has 3 aromatic rings. The number of rotatable bonds is 9. The number of halogens is 2. The highest BCUT2D eigenvalue weighted by Crippen LogP contribution is 2.38. The van der Waals surface area contributed by atoms with Crippen LogP contribution >= 0.6 is 23.2 Å². The van der Waals surface area contributed by atoms with E-state index in [2.05, 4.69) is 10.5 Å². The molecule has 0 aliphatic carbocycles. The lowest BCUT2D eigenvalue weighted by atomic mass is 10.1. The lowest BCUT2D eigenvalue weighted by Gasteiger charge is -2.13. The van der Waals surface area contributed by atoms with E-state index in [1.165, 1.54) is 71.1 Å². The highest BCUT2D eigenvalue weighted by atomic mass is 35.5. The highest BCUT2D eigenvalue weighted by molar-refractivity contribution is 6.36. The van der Waals surface area contributed by atoms with Crippen molar-refractivity contribution in [3.63, 3.8) is 0 Å². The number of amides is 1. The zero-order valence-corrected chi connectivity index (χ0v) is 21.3. The molecule has 3 rings (SSSR count). The molecule has 0 aromatic heterocycles. The number of nitrogens with zero attached hydrogens (tertiary/aromatic N) is 1. The fraction of sp³-hybridized carbons (Fsp3) is 0.160. The third-order valence-corrected chi connectivity index (χ3v) is 5.40. The molecule has 36 heavy (non-hydrogen) atoms. The van der Waals surface area contributed by atoms with Gasteiger partial charge >= 0.3 is 5.97 Å². The average molecular weight is 533 g/mol. The maximum absolute atomic E-state index is 12.6. The van der Waals surface area contributed by atoms with Crippen LogP contribution in [-0.2, 0) is 0 Å². The van der Waals surface area contributed by atoms with Crippen molar-refractivity contribution in [2.45, 2.75) is 0 Å². The molecule has 0 saturated heterocycles. The average Bonchev–Trinajstić information content (AvgIpc) is 2.88. The first-order valence-electron chi connectivity index (χ1n) is 10.3. The summed E-state index contributed by atoms with van der Waals surface area (Å²) >= 11 is 11.9. The normalized spacial score (nSPS) is 10.6. The van der Waals surface area contributed by atoms with E-state index in [0.717, 1.165) is 0 Å². The Hall–Kier alpha value is -3.95. The molecule has 0 saturated carbocycles. The molecule has 0 spiro atoms. The van der Waals surface area contributed by atoms with E-state index in [1.807, 2.05) is 0 Å². The third-order valence-electron chi connectivity index (χ3n) is 4.85. The van der Waals surface area contributed by atoms with Gasteiger partial charge in [0.1, 0.15) is 0 Å². The second kappa shape index (κ2) is 12.1. The smallest absolute Gasteiger partial charge is 0.345 e. The summed E-state index contributed by atoms with van der Waals surface area (Å²) in [4.78, 5) is 25.1. The summed E-state index contributed by atoms with van der Waals surface area (Å²) in [6.07, 6.45) is 1.40. The van der Waals surface area contributed by atoms with Crippen molar-refractivity contribution in [2.75, 3.05) is 28.4 Å². The number of carbonyl (C=O) groups is 2. The van der Waals surface area contributed by atoms with Crippen LogP contribution in [-0.4, -0.2) is 46.5 Å². The summed E-state index contributed by atoms with van der Waals surface area (Å²) in [7, 11) is 5.80. The van der Waals surface area contributed by atoms with Gasteiger partial charge in [-0.2, -0.15) is 5.10 Å². The van der Waals surface area contributed by atoms with E-state index in [1.54, 1.807) is 12.1 Å². The molecule has 9 nitrogen and oxygen atoms in total. The maximum Gasteiger partial charge on any atom is 0.345 e. The van der Waals surface area contributed by atoms with Crippen molar-refractivity contribution < 1.29 is 33.3 Å². The number of carbonyl (C=O) groups excluding carboxylic acids is 2. The van der Waals surface area contributed by atoms with Gasteiger partial charge in [0, 0.05) is 10.6 Å². The van der Waals surface area contributed by atoms with Crippen molar-refractivity contribution in [3.8, 4) is 28.7 Å². The third kappa shape index (κ3) is 6.18. The Morgan fingerprint density at radius 3 is 2.06 bits per heavy atom. The van der Waals surface area contributed by atoms with Crippen LogP contribution in [0, 0.1) is 0 Å². The Kier molecular flexibility index (Phi) is 8.99. The van der Waals surface area contributed by atoms with Gasteiger partial charge in [-0.15, -0.1) is 0 Å². The summed E-state index contributed by atoms with van der Waals surface area (Å²) in [5.74, 6) is 0.310. The monoisotopic (exact) mass is 532 g/mol. The molecule has 0 bridgehead atoms. The molecule has 0 heterocycles. The van der Waals surface area contributed by atoms with Gasteiger partial charge in [-0.3, -0.25) is 4.79 Å². The van der Waals surface area contributed by atoms with Crippen LogP contribution in [0.25, 0.3) is 0 Å². The Labute approximate surface area is 217 Å². The molecule has 0 unspecified atom stereocenters. The van der Waals surface area contributed by atoms with E-state index in [9.17, 15) is 9.59 Å². The molecule has 11 heteroatoms. The standard InChI is InChI=1S/C25H22Cl2N2O7/c1-32-20-9-14(5-8-19(20)36-25(31)17-7-6-16(26)12-18(17)27)13-28-29-24(30)15-10-21(33-2)23(35-4)22(11-15)34-3/h5-13H,1-4H3,(H,29,30)/b28-13+. The summed E-state index contributed by atoms with van der Waals surface area (Å²) in [5, 5.41) is 4.54. The molecule has 0 fully saturated rings. The van der Waals surface area contributed by atoms with E-state index in [4.69, 9.17) is 46.9 Å². The quantitative estimate of drug-likeness (QED) is 0.178. The van der Waals surface area contributed by atoms with Crippen LogP contribution in [0.4, 0.5) is 0 Å². The Balaban J connectivity index is 1.72. The summed E-state index contributed by atoms with van der Waals surface area (Å²) in [6.45, 7) is 0. The van der Waals surface area contributed by atoms with Crippen LogP contribution in [0.15, 0.2) is 53.6 Å². The zero-order chi connectivity index (χ0) is 26.2. The Bertz CT molecular complexity index is 1290. The van der Waals surface area contributed by atoms with Crippen molar-refractivity contribution in [3.05, 3.63) is 75.3 Å². The number of benzene rings is 3. The second-order valence-electron chi connectivity index (χ2n) is 7.04. The van der Waals surface area contributed by atoms with E-state index >= 15 is 0 Å². The molecular weight excluding hydrogens is 511 g/mol. The molecular formula is C25H22Cl2N2O7. The van der Waals surface area contributed by atoms with Gasteiger partial charge in [-0.25, -0.2) is 10.2 Å².